The molecule has 1 aliphatic heterocycles. The Kier molecular flexibility index (Phi) is 6.12. The predicted molar refractivity (Wildman–Crippen MR) is 95.3 cm³/mol. The van der Waals surface area contributed by atoms with Gasteiger partial charge >= 0.3 is 5.97 Å². The lowest BCUT2D eigenvalue weighted by Gasteiger charge is -2.12. The lowest BCUT2D eigenvalue weighted by atomic mass is 10.2. The van der Waals surface area contributed by atoms with Gasteiger partial charge in [-0.05, 0) is 51.5 Å². The van der Waals surface area contributed by atoms with E-state index < -0.39 is 23.7 Å². The Bertz CT molecular complexity index is 814. The van der Waals surface area contributed by atoms with Gasteiger partial charge in [-0.3, -0.25) is 14.5 Å². The van der Waals surface area contributed by atoms with Crippen LogP contribution in [-0.4, -0.2) is 47.4 Å². The van der Waals surface area contributed by atoms with Crippen LogP contribution in [0.1, 0.15) is 5.56 Å². The van der Waals surface area contributed by atoms with Crippen LogP contribution in [0.4, 0.5) is 4.79 Å². The Morgan fingerprint density at radius 3 is 2.80 bits per heavy atom. The van der Waals surface area contributed by atoms with Crippen molar-refractivity contribution >= 4 is 50.9 Å². The smallest absolute Gasteiger partial charge is 0.341 e. The standard InChI is InChI=1S/C16H12BrNO6S/c1-3-4-18-15(21)12(25-16(18)22)7-9-5-10(17)14(11(6-9)23-2)24-8-13(19)20/h1,5-7H,4,8H2,2H3,(H,19,20). The molecule has 0 atom stereocenters. The Morgan fingerprint density at radius 1 is 1.48 bits per heavy atom. The number of terminal acetylenes is 1. The third-order valence-corrected chi connectivity index (χ3v) is 4.51. The second-order valence-electron chi connectivity index (χ2n) is 4.69. The number of methoxy groups -OCH3 is 1. The maximum Gasteiger partial charge on any atom is 0.341 e. The quantitative estimate of drug-likeness (QED) is 0.552. The Hall–Kier alpha value is -2.44. The number of hydrogen-bond donors (Lipinski definition) is 1. The van der Waals surface area contributed by atoms with E-state index in [1.165, 1.54) is 13.2 Å². The monoisotopic (exact) mass is 425 g/mol. The van der Waals surface area contributed by atoms with E-state index in [9.17, 15) is 14.4 Å². The van der Waals surface area contributed by atoms with Crippen LogP contribution in [0, 0.1) is 12.3 Å². The summed E-state index contributed by atoms with van der Waals surface area (Å²) in [5.41, 5.74) is 0.567. The third-order valence-electron chi connectivity index (χ3n) is 3.01. The molecule has 9 heteroatoms. The second-order valence-corrected chi connectivity index (χ2v) is 6.54. The highest BCUT2D eigenvalue weighted by Crippen LogP contribution is 2.39. The van der Waals surface area contributed by atoms with E-state index in [2.05, 4.69) is 21.9 Å². The van der Waals surface area contributed by atoms with Crippen molar-refractivity contribution in [3.63, 3.8) is 0 Å². The largest absolute Gasteiger partial charge is 0.493 e. The molecule has 1 N–H and O–H groups in total. The fourth-order valence-electron chi connectivity index (χ4n) is 1.98. The molecular weight excluding hydrogens is 414 g/mol. The number of carboxylic acids is 1. The summed E-state index contributed by atoms with van der Waals surface area (Å²) < 4.78 is 10.8. The van der Waals surface area contributed by atoms with Crippen LogP contribution in [0.3, 0.4) is 0 Å². The number of carbonyl (C=O) groups is 3. The lowest BCUT2D eigenvalue weighted by Crippen LogP contribution is -2.28. The highest BCUT2D eigenvalue weighted by atomic mass is 79.9. The summed E-state index contributed by atoms with van der Waals surface area (Å²) in [4.78, 5) is 35.8. The molecule has 2 amide bonds. The van der Waals surface area contributed by atoms with Gasteiger partial charge in [0.25, 0.3) is 11.1 Å². The number of halogens is 1. The first-order chi connectivity index (χ1) is 11.9. The molecule has 1 fully saturated rings. The number of carboxylic acid groups (broad SMARTS) is 1. The first-order valence-corrected chi connectivity index (χ1v) is 8.39. The number of benzene rings is 1. The van der Waals surface area contributed by atoms with Crippen LogP contribution in [-0.2, 0) is 9.59 Å². The number of nitrogens with zero attached hydrogens (tertiary/aromatic N) is 1. The number of hydrogen-bond acceptors (Lipinski definition) is 6. The number of amides is 2. The maximum absolute atomic E-state index is 12.2. The normalized spacial score (nSPS) is 15.4. The molecule has 0 spiro atoms. The van der Waals surface area contributed by atoms with Crippen molar-refractivity contribution < 1.29 is 29.0 Å². The van der Waals surface area contributed by atoms with Gasteiger partial charge in [0, 0.05) is 0 Å². The van der Waals surface area contributed by atoms with Crippen LogP contribution >= 0.6 is 27.7 Å². The van der Waals surface area contributed by atoms with E-state index in [1.807, 2.05) is 0 Å². The molecular formula is C16H12BrNO6S. The van der Waals surface area contributed by atoms with Crippen LogP contribution in [0.25, 0.3) is 6.08 Å². The van der Waals surface area contributed by atoms with Gasteiger partial charge in [0.15, 0.2) is 18.1 Å². The van der Waals surface area contributed by atoms with Crippen LogP contribution in [0.2, 0.25) is 0 Å². The van der Waals surface area contributed by atoms with E-state index in [0.717, 1.165) is 16.7 Å². The van der Waals surface area contributed by atoms with Gasteiger partial charge in [0.2, 0.25) is 0 Å². The van der Waals surface area contributed by atoms with Gasteiger partial charge in [-0.2, -0.15) is 0 Å². The van der Waals surface area contributed by atoms with Gasteiger partial charge in [0.1, 0.15) is 0 Å². The fourth-order valence-corrected chi connectivity index (χ4v) is 3.39. The molecule has 0 bridgehead atoms. The Labute approximate surface area is 156 Å². The maximum atomic E-state index is 12.2. The zero-order valence-electron chi connectivity index (χ0n) is 12.9. The summed E-state index contributed by atoms with van der Waals surface area (Å²) >= 11 is 4.07. The first-order valence-electron chi connectivity index (χ1n) is 6.78. The molecule has 1 aromatic carbocycles. The summed E-state index contributed by atoms with van der Waals surface area (Å²) in [6.45, 7) is -0.615. The average Bonchev–Trinajstić information content (AvgIpc) is 2.81. The summed E-state index contributed by atoms with van der Waals surface area (Å²) in [6, 6.07) is 3.19. The molecule has 1 saturated heterocycles. The van der Waals surface area contributed by atoms with Crippen molar-refractivity contribution in [3.8, 4) is 23.8 Å². The van der Waals surface area contributed by atoms with Crippen molar-refractivity contribution in [1.82, 2.24) is 4.90 Å². The molecule has 0 radical (unpaired) electrons. The Morgan fingerprint density at radius 2 is 2.20 bits per heavy atom. The number of carbonyl (C=O) groups excluding carboxylic acids is 2. The minimum absolute atomic E-state index is 0.0863. The van der Waals surface area contributed by atoms with Gasteiger partial charge in [-0.15, -0.1) is 6.42 Å². The number of ether oxygens (including phenoxy) is 2. The molecule has 1 aliphatic rings. The van der Waals surface area contributed by atoms with E-state index in [1.54, 1.807) is 12.1 Å². The zero-order valence-corrected chi connectivity index (χ0v) is 15.3. The highest BCUT2D eigenvalue weighted by Gasteiger charge is 2.34. The zero-order chi connectivity index (χ0) is 18.6. The Balaban J connectivity index is 2.33. The van der Waals surface area contributed by atoms with Crippen LogP contribution < -0.4 is 9.47 Å². The molecule has 1 aromatic rings. The first kappa shape index (κ1) is 18.9. The number of thioether (sulfide) groups is 1. The van der Waals surface area contributed by atoms with Crippen molar-refractivity contribution in [2.75, 3.05) is 20.3 Å². The molecule has 2 rings (SSSR count). The van der Waals surface area contributed by atoms with E-state index in [4.69, 9.17) is 21.0 Å². The molecule has 0 aromatic heterocycles. The third kappa shape index (κ3) is 4.35. The minimum atomic E-state index is -1.12. The summed E-state index contributed by atoms with van der Waals surface area (Å²) in [5.74, 6) is 1.18. The van der Waals surface area contributed by atoms with E-state index >= 15 is 0 Å². The predicted octanol–water partition coefficient (Wildman–Crippen LogP) is 2.59. The lowest BCUT2D eigenvalue weighted by molar-refractivity contribution is -0.139. The van der Waals surface area contributed by atoms with E-state index in [-0.39, 0.29) is 22.9 Å². The fraction of sp³-hybridized carbons (Fsp3) is 0.188. The van der Waals surface area contributed by atoms with Gasteiger partial charge in [0.05, 0.1) is 23.0 Å². The molecule has 0 unspecified atom stereocenters. The molecule has 130 valence electrons. The highest BCUT2D eigenvalue weighted by molar-refractivity contribution is 9.10. The SMILES string of the molecule is C#CCN1C(=O)SC(=Cc2cc(Br)c(OCC(=O)O)c(OC)c2)C1=O. The van der Waals surface area contributed by atoms with E-state index in [0.29, 0.717) is 10.0 Å². The van der Waals surface area contributed by atoms with Gasteiger partial charge in [-0.25, -0.2) is 4.79 Å². The summed E-state index contributed by atoms with van der Waals surface area (Å²) in [6.07, 6.45) is 6.68. The summed E-state index contributed by atoms with van der Waals surface area (Å²) in [5, 5.41) is 8.29. The van der Waals surface area contributed by atoms with Crippen molar-refractivity contribution in [2.45, 2.75) is 0 Å². The summed E-state index contributed by atoms with van der Waals surface area (Å²) in [7, 11) is 1.40. The van der Waals surface area contributed by atoms with Gasteiger partial charge < -0.3 is 14.6 Å². The topological polar surface area (TPSA) is 93.1 Å². The van der Waals surface area contributed by atoms with Crippen LogP contribution in [0.15, 0.2) is 21.5 Å². The molecule has 7 nitrogen and oxygen atoms in total. The second kappa shape index (κ2) is 8.09. The molecule has 25 heavy (non-hydrogen) atoms. The van der Waals surface area contributed by atoms with Crippen molar-refractivity contribution in [3.05, 3.63) is 27.1 Å². The van der Waals surface area contributed by atoms with Gasteiger partial charge in [-0.1, -0.05) is 5.92 Å². The average molecular weight is 426 g/mol. The minimum Gasteiger partial charge on any atom is -0.493 e. The molecule has 1 heterocycles. The molecule has 0 saturated carbocycles. The number of rotatable bonds is 6. The molecule has 0 aliphatic carbocycles. The number of imide groups is 1. The van der Waals surface area contributed by atoms with Crippen molar-refractivity contribution in [1.29, 1.82) is 0 Å². The van der Waals surface area contributed by atoms with Crippen LogP contribution in [0.5, 0.6) is 11.5 Å². The van der Waals surface area contributed by atoms with Crippen molar-refractivity contribution in [2.24, 2.45) is 0 Å². The number of aliphatic carboxylic acids is 1.